The maximum atomic E-state index is 12.9. The summed E-state index contributed by atoms with van der Waals surface area (Å²) in [5, 5.41) is 2.86. The monoisotopic (exact) mass is 356 g/mol. The topological polar surface area (TPSA) is 41.6 Å². The van der Waals surface area contributed by atoms with E-state index in [9.17, 15) is 9.18 Å². The van der Waals surface area contributed by atoms with Crippen LogP contribution in [0.2, 0.25) is 0 Å². The van der Waals surface area contributed by atoms with Crippen molar-refractivity contribution in [3.05, 3.63) is 71.0 Å². The molecule has 138 valence electrons. The second-order valence-electron chi connectivity index (χ2n) is 6.96. The number of halogens is 1. The first-order valence-electron chi connectivity index (χ1n) is 8.99. The smallest absolute Gasteiger partial charge is 0.251 e. The Kier molecular flexibility index (Phi) is 6.01. The Morgan fingerprint density at radius 3 is 2.23 bits per heavy atom. The summed E-state index contributed by atoms with van der Waals surface area (Å²) in [6, 6.07) is 13.8. The molecule has 4 nitrogen and oxygen atoms in total. The van der Waals surface area contributed by atoms with Gasteiger partial charge in [-0.1, -0.05) is 24.3 Å². The van der Waals surface area contributed by atoms with Gasteiger partial charge in [-0.05, 0) is 49.2 Å². The lowest BCUT2D eigenvalue weighted by molar-refractivity contribution is -0.0704. The molecular formula is C21H25FN2O2. The minimum Gasteiger partial charge on any atom is -0.373 e. The van der Waals surface area contributed by atoms with Crippen LogP contribution in [0.15, 0.2) is 48.5 Å². The Morgan fingerprint density at radius 1 is 1.04 bits per heavy atom. The number of ether oxygens (including phenoxy) is 1. The van der Waals surface area contributed by atoms with Gasteiger partial charge in [-0.15, -0.1) is 0 Å². The van der Waals surface area contributed by atoms with Gasteiger partial charge in [0.25, 0.3) is 5.91 Å². The molecule has 1 aliphatic rings. The molecular weight excluding hydrogens is 331 g/mol. The lowest BCUT2D eigenvalue weighted by Crippen LogP contribution is -2.44. The van der Waals surface area contributed by atoms with Crippen LogP contribution in [-0.2, 0) is 17.8 Å². The molecule has 2 aromatic carbocycles. The zero-order chi connectivity index (χ0) is 18.5. The number of nitrogens with one attached hydrogen (secondary N) is 1. The maximum absolute atomic E-state index is 12.9. The van der Waals surface area contributed by atoms with Crippen LogP contribution in [0.3, 0.4) is 0 Å². The minimum atomic E-state index is -0.278. The third kappa shape index (κ3) is 5.13. The van der Waals surface area contributed by atoms with Gasteiger partial charge in [0.1, 0.15) is 5.82 Å². The third-order valence-corrected chi connectivity index (χ3v) is 4.48. The normalized spacial score (nSPS) is 20.7. The highest BCUT2D eigenvalue weighted by Gasteiger charge is 2.22. The molecule has 0 aromatic heterocycles. The van der Waals surface area contributed by atoms with Crippen molar-refractivity contribution in [2.24, 2.45) is 0 Å². The number of nitrogens with zero attached hydrogens (tertiary/aromatic N) is 1. The molecule has 3 rings (SSSR count). The largest absolute Gasteiger partial charge is 0.373 e. The molecule has 1 amide bonds. The first-order valence-corrected chi connectivity index (χ1v) is 8.99. The van der Waals surface area contributed by atoms with Gasteiger partial charge in [-0.2, -0.15) is 0 Å². The molecule has 0 bridgehead atoms. The number of hydrogen-bond donors (Lipinski definition) is 1. The van der Waals surface area contributed by atoms with E-state index in [1.165, 1.54) is 17.7 Å². The number of rotatable bonds is 5. The molecule has 1 fully saturated rings. The molecule has 0 aliphatic carbocycles. The van der Waals surface area contributed by atoms with Gasteiger partial charge in [0.2, 0.25) is 0 Å². The van der Waals surface area contributed by atoms with E-state index in [1.807, 2.05) is 24.3 Å². The highest BCUT2D eigenvalue weighted by atomic mass is 19.1. The fourth-order valence-electron chi connectivity index (χ4n) is 3.32. The van der Waals surface area contributed by atoms with Gasteiger partial charge in [0.05, 0.1) is 12.2 Å². The van der Waals surface area contributed by atoms with E-state index >= 15 is 0 Å². The molecule has 2 unspecified atom stereocenters. The van der Waals surface area contributed by atoms with Gasteiger partial charge < -0.3 is 10.1 Å². The van der Waals surface area contributed by atoms with Crippen LogP contribution in [-0.4, -0.2) is 36.1 Å². The number of carbonyl (C=O) groups is 1. The van der Waals surface area contributed by atoms with Crippen molar-refractivity contribution < 1.29 is 13.9 Å². The molecule has 2 atom stereocenters. The summed E-state index contributed by atoms with van der Waals surface area (Å²) in [4.78, 5) is 14.6. The van der Waals surface area contributed by atoms with Gasteiger partial charge in [-0.3, -0.25) is 9.69 Å². The molecule has 1 saturated heterocycles. The Bertz CT molecular complexity index is 721. The summed E-state index contributed by atoms with van der Waals surface area (Å²) in [6.45, 7) is 7.27. The van der Waals surface area contributed by atoms with Crippen LogP contribution in [0.5, 0.6) is 0 Å². The number of hydrogen-bond acceptors (Lipinski definition) is 3. The van der Waals surface area contributed by atoms with Crippen molar-refractivity contribution in [1.29, 1.82) is 0 Å². The highest BCUT2D eigenvalue weighted by Crippen LogP contribution is 2.15. The number of benzene rings is 2. The summed E-state index contributed by atoms with van der Waals surface area (Å²) in [5.74, 6) is -0.408. The van der Waals surface area contributed by atoms with E-state index in [1.54, 1.807) is 12.1 Å². The lowest BCUT2D eigenvalue weighted by atomic mass is 10.1. The van der Waals surface area contributed by atoms with E-state index in [0.717, 1.165) is 25.2 Å². The quantitative estimate of drug-likeness (QED) is 0.893. The summed E-state index contributed by atoms with van der Waals surface area (Å²) >= 11 is 0. The summed E-state index contributed by atoms with van der Waals surface area (Å²) in [6.07, 6.45) is 0.491. The van der Waals surface area contributed by atoms with Gasteiger partial charge in [-0.25, -0.2) is 4.39 Å². The predicted octanol–water partition coefficient (Wildman–Crippen LogP) is 3.36. The molecule has 2 aromatic rings. The molecule has 26 heavy (non-hydrogen) atoms. The van der Waals surface area contributed by atoms with E-state index in [0.29, 0.717) is 12.1 Å². The second kappa shape index (κ2) is 8.43. The Balaban J connectivity index is 1.53. The first kappa shape index (κ1) is 18.5. The maximum Gasteiger partial charge on any atom is 0.251 e. The molecule has 1 aliphatic heterocycles. The van der Waals surface area contributed by atoms with E-state index < -0.39 is 0 Å². The van der Waals surface area contributed by atoms with E-state index in [-0.39, 0.29) is 23.9 Å². The summed E-state index contributed by atoms with van der Waals surface area (Å²) < 4.78 is 18.7. The van der Waals surface area contributed by atoms with Crippen LogP contribution in [0.1, 0.15) is 35.3 Å². The van der Waals surface area contributed by atoms with Crippen molar-refractivity contribution in [3.63, 3.8) is 0 Å². The average Bonchev–Trinajstić information content (AvgIpc) is 2.61. The van der Waals surface area contributed by atoms with Crippen LogP contribution in [0, 0.1) is 5.82 Å². The van der Waals surface area contributed by atoms with Crippen LogP contribution in [0.25, 0.3) is 0 Å². The van der Waals surface area contributed by atoms with Crippen molar-refractivity contribution in [2.45, 2.75) is 39.1 Å². The standard InChI is InChI=1S/C21H25FN2O2/c1-15-12-24(13-16(2)26-15)14-18-3-7-19(8-4-18)21(25)23-11-17-5-9-20(22)10-6-17/h3-10,15-16H,11-14H2,1-2H3,(H,23,25). The third-order valence-electron chi connectivity index (χ3n) is 4.48. The summed E-state index contributed by atoms with van der Waals surface area (Å²) in [7, 11) is 0. The van der Waals surface area contributed by atoms with Crippen LogP contribution >= 0.6 is 0 Å². The van der Waals surface area contributed by atoms with Crippen molar-refractivity contribution in [2.75, 3.05) is 13.1 Å². The van der Waals surface area contributed by atoms with Crippen LogP contribution in [0.4, 0.5) is 4.39 Å². The zero-order valence-corrected chi connectivity index (χ0v) is 15.2. The van der Waals surface area contributed by atoms with Gasteiger partial charge in [0.15, 0.2) is 0 Å². The van der Waals surface area contributed by atoms with Gasteiger partial charge >= 0.3 is 0 Å². The average molecular weight is 356 g/mol. The van der Waals surface area contributed by atoms with Crippen LogP contribution < -0.4 is 5.32 Å². The Hall–Kier alpha value is -2.24. The SMILES string of the molecule is CC1CN(Cc2ccc(C(=O)NCc3ccc(F)cc3)cc2)CC(C)O1. The van der Waals surface area contributed by atoms with Crippen molar-refractivity contribution >= 4 is 5.91 Å². The lowest BCUT2D eigenvalue weighted by Gasteiger charge is -2.35. The Morgan fingerprint density at radius 2 is 1.62 bits per heavy atom. The molecule has 5 heteroatoms. The van der Waals surface area contributed by atoms with Crippen molar-refractivity contribution in [1.82, 2.24) is 10.2 Å². The van der Waals surface area contributed by atoms with E-state index in [2.05, 4.69) is 24.1 Å². The number of morpholine rings is 1. The molecule has 1 heterocycles. The summed E-state index contributed by atoms with van der Waals surface area (Å²) in [5.41, 5.74) is 2.67. The number of carbonyl (C=O) groups excluding carboxylic acids is 1. The highest BCUT2D eigenvalue weighted by molar-refractivity contribution is 5.94. The predicted molar refractivity (Wildman–Crippen MR) is 99.3 cm³/mol. The fourth-order valence-corrected chi connectivity index (χ4v) is 3.32. The van der Waals surface area contributed by atoms with E-state index in [4.69, 9.17) is 4.74 Å². The van der Waals surface area contributed by atoms with Crippen molar-refractivity contribution in [3.8, 4) is 0 Å². The van der Waals surface area contributed by atoms with Gasteiger partial charge in [0, 0.05) is 31.7 Å². The molecule has 0 saturated carbocycles. The zero-order valence-electron chi connectivity index (χ0n) is 15.2. The fraction of sp³-hybridized carbons (Fsp3) is 0.381. The molecule has 0 radical (unpaired) electrons. The minimum absolute atomic E-state index is 0.130. The molecule has 1 N–H and O–H groups in total. The number of amides is 1. The second-order valence-corrected chi connectivity index (χ2v) is 6.96. The Labute approximate surface area is 154 Å². The first-order chi connectivity index (χ1) is 12.5. The molecule has 0 spiro atoms.